The SMILES string of the molecule is O=C(C1=CC2=NC(=S)N(CCC3=CCCCC3)C(=O)C2C=C1)N1CCN(c2cccc(Cl)c2)CC1. The van der Waals surface area contributed by atoms with Gasteiger partial charge in [-0.25, -0.2) is 4.99 Å². The minimum Gasteiger partial charge on any atom is -0.368 e. The summed E-state index contributed by atoms with van der Waals surface area (Å²) < 4.78 is 0. The molecule has 0 radical (unpaired) electrons. The highest BCUT2D eigenvalue weighted by Crippen LogP contribution is 2.26. The standard InChI is InChI=1S/C27H29ClN4O2S/c28-21-7-4-8-22(18-21)30-13-15-31(16-14-30)25(33)20-9-10-23-24(17-20)29-27(35)32(26(23)34)12-11-19-5-2-1-3-6-19/h4-5,7-10,17-18,23H,1-3,6,11-16H2. The van der Waals surface area contributed by atoms with Crippen molar-refractivity contribution in [1.29, 1.82) is 0 Å². The molecule has 5 rings (SSSR count). The summed E-state index contributed by atoms with van der Waals surface area (Å²) in [5, 5.41) is 1.00. The number of fused-ring (bicyclic) bond motifs is 1. The molecule has 2 heterocycles. The summed E-state index contributed by atoms with van der Waals surface area (Å²) in [6.07, 6.45) is 13.1. The lowest BCUT2D eigenvalue weighted by Crippen LogP contribution is -2.50. The van der Waals surface area contributed by atoms with Gasteiger partial charge in [0.15, 0.2) is 0 Å². The highest BCUT2D eigenvalue weighted by molar-refractivity contribution is 7.80. The number of thiocarbonyl (C=S) groups is 1. The lowest BCUT2D eigenvalue weighted by Gasteiger charge is -2.37. The van der Waals surface area contributed by atoms with Gasteiger partial charge in [-0.15, -0.1) is 0 Å². The first-order valence-electron chi connectivity index (χ1n) is 12.3. The van der Waals surface area contributed by atoms with Gasteiger partial charge in [0.25, 0.3) is 5.91 Å². The molecule has 0 spiro atoms. The van der Waals surface area contributed by atoms with Crippen molar-refractivity contribution in [2.45, 2.75) is 32.1 Å². The van der Waals surface area contributed by atoms with Crippen LogP contribution in [-0.2, 0) is 9.59 Å². The van der Waals surface area contributed by atoms with Gasteiger partial charge in [-0.3, -0.25) is 14.5 Å². The predicted molar refractivity (Wildman–Crippen MR) is 144 cm³/mol. The van der Waals surface area contributed by atoms with E-state index in [1.54, 1.807) is 23.1 Å². The highest BCUT2D eigenvalue weighted by atomic mass is 35.5. The molecule has 1 saturated heterocycles. The number of benzene rings is 1. The molecule has 35 heavy (non-hydrogen) atoms. The second kappa shape index (κ2) is 10.5. The Morgan fingerprint density at radius 1 is 1.17 bits per heavy atom. The van der Waals surface area contributed by atoms with E-state index in [0.29, 0.717) is 41.1 Å². The number of carbonyl (C=O) groups excluding carboxylic acids is 2. The minimum atomic E-state index is -0.474. The van der Waals surface area contributed by atoms with Crippen LogP contribution in [0.1, 0.15) is 32.1 Å². The number of nitrogens with zero attached hydrogens (tertiary/aromatic N) is 4. The molecule has 2 aliphatic heterocycles. The van der Waals surface area contributed by atoms with Crippen molar-refractivity contribution in [1.82, 2.24) is 9.80 Å². The zero-order chi connectivity index (χ0) is 24.4. The number of amides is 2. The molecule has 1 fully saturated rings. The Balaban J connectivity index is 1.22. The van der Waals surface area contributed by atoms with E-state index in [9.17, 15) is 9.59 Å². The highest BCUT2D eigenvalue weighted by Gasteiger charge is 2.36. The summed E-state index contributed by atoms with van der Waals surface area (Å²) in [7, 11) is 0. The van der Waals surface area contributed by atoms with Crippen LogP contribution in [0.5, 0.6) is 0 Å². The van der Waals surface area contributed by atoms with Crippen LogP contribution in [0.3, 0.4) is 0 Å². The smallest absolute Gasteiger partial charge is 0.254 e. The molecule has 1 atom stereocenters. The average molecular weight is 509 g/mol. The van der Waals surface area contributed by atoms with E-state index < -0.39 is 5.92 Å². The van der Waals surface area contributed by atoms with Crippen molar-refractivity contribution in [2.75, 3.05) is 37.6 Å². The van der Waals surface area contributed by atoms with Gasteiger partial charge in [-0.2, -0.15) is 0 Å². The molecule has 0 saturated carbocycles. The van der Waals surface area contributed by atoms with Crippen molar-refractivity contribution in [2.24, 2.45) is 10.9 Å². The fourth-order valence-electron chi connectivity index (χ4n) is 5.09. The van der Waals surface area contributed by atoms with Gasteiger partial charge in [0, 0.05) is 49.0 Å². The average Bonchev–Trinajstić information content (AvgIpc) is 2.88. The van der Waals surface area contributed by atoms with Crippen LogP contribution in [0, 0.1) is 5.92 Å². The number of hydrogen-bond donors (Lipinski definition) is 0. The van der Waals surface area contributed by atoms with E-state index in [0.717, 1.165) is 38.0 Å². The van der Waals surface area contributed by atoms with Crippen molar-refractivity contribution in [3.8, 4) is 0 Å². The monoisotopic (exact) mass is 508 g/mol. The van der Waals surface area contributed by atoms with E-state index in [1.807, 2.05) is 29.2 Å². The molecule has 182 valence electrons. The van der Waals surface area contributed by atoms with Crippen molar-refractivity contribution in [3.05, 3.63) is 64.7 Å². The third-order valence-corrected chi connectivity index (χ3v) is 7.65. The molecule has 4 aliphatic rings. The van der Waals surface area contributed by atoms with Crippen LogP contribution in [0.25, 0.3) is 0 Å². The molecule has 0 aromatic heterocycles. The normalized spacial score (nSPS) is 22.5. The number of piperazine rings is 1. The molecule has 1 aromatic carbocycles. The van der Waals surface area contributed by atoms with E-state index in [-0.39, 0.29) is 11.8 Å². The number of allylic oxidation sites excluding steroid dienone is 2. The lowest BCUT2D eigenvalue weighted by molar-refractivity contribution is -0.129. The van der Waals surface area contributed by atoms with Crippen LogP contribution in [0.4, 0.5) is 5.69 Å². The number of anilines is 1. The van der Waals surface area contributed by atoms with Crippen LogP contribution in [-0.4, -0.2) is 65.2 Å². The zero-order valence-electron chi connectivity index (χ0n) is 19.7. The van der Waals surface area contributed by atoms with E-state index in [2.05, 4.69) is 16.0 Å². The molecule has 2 aliphatic carbocycles. The fourth-order valence-corrected chi connectivity index (χ4v) is 5.56. The minimum absolute atomic E-state index is 0.0434. The predicted octanol–water partition coefficient (Wildman–Crippen LogP) is 4.56. The van der Waals surface area contributed by atoms with Crippen LogP contribution in [0.2, 0.25) is 5.02 Å². The number of rotatable bonds is 5. The van der Waals surface area contributed by atoms with Gasteiger partial charge in [0.1, 0.15) is 0 Å². The molecule has 6 nitrogen and oxygen atoms in total. The molecule has 0 bridgehead atoms. The van der Waals surface area contributed by atoms with Gasteiger partial charge in [-0.05, 0) is 68.6 Å². The Labute approximate surface area is 216 Å². The first-order chi connectivity index (χ1) is 17.0. The third kappa shape index (κ3) is 5.26. The van der Waals surface area contributed by atoms with Crippen LogP contribution in [0.15, 0.2) is 64.7 Å². The fraction of sp³-hybridized carbons (Fsp3) is 0.407. The maximum atomic E-state index is 13.2. The summed E-state index contributed by atoms with van der Waals surface area (Å²) in [6, 6.07) is 7.78. The Hall–Kier alpha value is -2.77. The number of halogens is 1. The maximum absolute atomic E-state index is 13.2. The molecule has 1 aromatic rings. The first-order valence-corrected chi connectivity index (χ1v) is 13.1. The van der Waals surface area contributed by atoms with Gasteiger partial charge in [-0.1, -0.05) is 41.5 Å². The van der Waals surface area contributed by atoms with Gasteiger partial charge < -0.3 is 9.80 Å². The molecule has 1 unspecified atom stereocenters. The Bertz CT molecular complexity index is 1160. The Morgan fingerprint density at radius 3 is 2.74 bits per heavy atom. The summed E-state index contributed by atoms with van der Waals surface area (Å²) in [5.41, 5.74) is 3.59. The molecular formula is C27H29ClN4O2S. The number of carbonyl (C=O) groups is 2. The van der Waals surface area contributed by atoms with E-state index in [1.165, 1.54) is 18.4 Å². The molecule has 2 amide bonds. The lowest BCUT2D eigenvalue weighted by atomic mass is 9.91. The summed E-state index contributed by atoms with van der Waals surface area (Å²) in [4.78, 5) is 36.6. The van der Waals surface area contributed by atoms with E-state index >= 15 is 0 Å². The van der Waals surface area contributed by atoms with Gasteiger partial charge in [0.2, 0.25) is 11.0 Å². The largest absolute Gasteiger partial charge is 0.368 e. The second-order valence-corrected chi connectivity index (χ2v) is 10.2. The summed E-state index contributed by atoms with van der Waals surface area (Å²) >= 11 is 11.6. The molecule has 0 N–H and O–H groups in total. The third-order valence-electron chi connectivity index (χ3n) is 7.11. The summed E-state index contributed by atoms with van der Waals surface area (Å²) in [6.45, 7) is 3.28. The molecule has 8 heteroatoms. The van der Waals surface area contributed by atoms with Crippen LogP contribution < -0.4 is 4.90 Å². The number of aliphatic imine (C=N–C) groups is 1. The van der Waals surface area contributed by atoms with Gasteiger partial charge >= 0.3 is 0 Å². The van der Waals surface area contributed by atoms with E-state index in [4.69, 9.17) is 23.8 Å². The number of hydrogen-bond acceptors (Lipinski definition) is 4. The zero-order valence-corrected chi connectivity index (χ0v) is 21.2. The second-order valence-electron chi connectivity index (χ2n) is 9.36. The Kier molecular flexibility index (Phi) is 7.16. The van der Waals surface area contributed by atoms with Crippen molar-refractivity contribution >= 4 is 52.1 Å². The quantitative estimate of drug-likeness (QED) is 0.432. The van der Waals surface area contributed by atoms with Crippen molar-refractivity contribution in [3.63, 3.8) is 0 Å². The van der Waals surface area contributed by atoms with Gasteiger partial charge in [0.05, 0.1) is 11.6 Å². The maximum Gasteiger partial charge on any atom is 0.254 e. The first kappa shape index (κ1) is 23.9. The summed E-state index contributed by atoms with van der Waals surface area (Å²) in [5.74, 6) is -0.568. The van der Waals surface area contributed by atoms with Crippen LogP contribution >= 0.6 is 23.8 Å². The molecular weight excluding hydrogens is 480 g/mol. The Morgan fingerprint density at radius 2 is 2.00 bits per heavy atom. The topological polar surface area (TPSA) is 56.2 Å². The van der Waals surface area contributed by atoms with Crippen molar-refractivity contribution < 1.29 is 9.59 Å².